The van der Waals surface area contributed by atoms with Gasteiger partial charge in [-0.15, -0.1) is 0 Å². The van der Waals surface area contributed by atoms with E-state index in [-0.39, 0.29) is 0 Å². The average Bonchev–Trinajstić information content (AvgIpc) is 2.84. The molecule has 0 saturated carbocycles. The molecule has 0 fully saturated rings. The molecule has 5 aromatic rings. The van der Waals surface area contributed by atoms with E-state index in [0.29, 0.717) is 5.02 Å². The summed E-state index contributed by atoms with van der Waals surface area (Å²) in [6.45, 7) is 0. The molecule has 0 aromatic heterocycles. The van der Waals surface area contributed by atoms with Crippen molar-refractivity contribution in [1.29, 1.82) is 0 Å². The Balaban J connectivity index is 1.55. The number of rotatable bonds is 4. The van der Waals surface area contributed by atoms with Gasteiger partial charge in [0.05, 0.1) is 0 Å². The van der Waals surface area contributed by atoms with Crippen molar-refractivity contribution in [3.05, 3.63) is 131 Å². The Morgan fingerprint density at radius 3 is 1.94 bits per heavy atom. The molecule has 0 aliphatic heterocycles. The minimum atomic E-state index is -0.644. The van der Waals surface area contributed by atoms with Gasteiger partial charge in [0.2, 0.25) is 0 Å². The smallest absolute Gasteiger partial charge is 0.104 e. The van der Waals surface area contributed by atoms with Gasteiger partial charge in [0.1, 0.15) is 6.10 Å². The molecule has 0 bridgehead atoms. The topological polar surface area (TPSA) is 20.2 Å². The minimum Gasteiger partial charge on any atom is -0.384 e. The summed E-state index contributed by atoms with van der Waals surface area (Å²) in [7, 11) is 0. The summed E-state index contributed by atoms with van der Waals surface area (Å²) in [5, 5.41) is 13.8. The van der Waals surface area contributed by atoms with Crippen LogP contribution >= 0.6 is 11.6 Å². The molecule has 2 heteroatoms. The Labute approximate surface area is 187 Å². The van der Waals surface area contributed by atoms with Crippen LogP contribution in [0.3, 0.4) is 0 Å². The average molecular weight is 421 g/mol. The van der Waals surface area contributed by atoms with Gasteiger partial charge in [0.15, 0.2) is 0 Å². The highest BCUT2D eigenvalue weighted by atomic mass is 35.5. The monoisotopic (exact) mass is 420 g/mol. The van der Waals surface area contributed by atoms with Crippen LogP contribution in [0.25, 0.3) is 33.0 Å². The van der Waals surface area contributed by atoms with E-state index in [9.17, 15) is 5.11 Å². The van der Waals surface area contributed by atoms with Gasteiger partial charge in [-0.2, -0.15) is 0 Å². The lowest BCUT2D eigenvalue weighted by Crippen LogP contribution is -1.99. The van der Waals surface area contributed by atoms with Crippen molar-refractivity contribution in [3.8, 4) is 22.3 Å². The van der Waals surface area contributed by atoms with Crippen molar-refractivity contribution >= 4 is 22.4 Å². The molecule has 0 heterocycles. The molecule has 31 heavy (non-hydrogen) atoms. The molecule has 1 atom stereocenters. The molecule has 5 aromatic carbocycles. The summed E-state index contributed by atoms with van der Waals surface area (Å²) in [5.74, 6) is 0. The maximum Gasteiger partial charge on any atom is 0.104 e. The van der Waals surface area contributed by atoms with Crippen LogP contribution < -0.4 is 0 Å². The molecule has 5 rings (SSSR count). The van der Waals surface area contributed by atoms with Crippen LogP contribution in [0.15, 0.2) is 115 Å². The molecule has 1 nitrogen and oxygen atoms in total. The normalized spacial score (nSPS) is 12.1. The summed E-state index contributed by atoms with van der Waals surface area (Å²) in [5.41, 5.74) is 6.17. The Kier molecular flexibility index (Phi) is 5.30. The molecule has 150 valence electrons. The quantitative estimate of drug-likeness (QED) is 0.313. The number of aliphatic hydroxyl groups excluding tert-OH is 1. The number of benzene rings is 5. The molecule has 0 aliphatic rings. The Hall–Kier alpha value is -3.39. The number of hydrogen-bond donors (Lipinski definition) is 1. The van der Waals surface area contributed by atoms with Crippen molar-refractivity contribution in [2.24, 2.45) is 0 Å². The van der Waals surface area contributed by atoms with E-state index in [1.54, 1.807) is 0 Å². The lowest BCUT2D eigenvalue weighted by molar-refractivity contribution is 0.220. The van der Waals surface area contributed by atoms with Gasteiger partial charge in [-0.05, 0) is 62.4 Å². The van der Waals surface area contributed by atoms with Gasteiger partial charge in [-0.3, -0.25) is 0 Å². The number of fused-ring (bicyclic) bond motifs is 1. The van der Waals surface area contributed by atoms with Crippen molar-refractivity contribution in [2.45, 2.75) is 6.10 Å². The minimum absolute atomic E-state index is 0.644. The van der Waals surface area contributed by atoms with E-state index in [2.05, 4.69) is 60.7 Å². The van der Waals surface area contributed by atoms with E-state index >= 15 is 0 Å². The summed E-state index contributed by atoms with van der Waals surface area (Å²) >= 11 is 6.37. The highest BCUT2D eigenvalue weighted by Gasteiger charge is 2.12. The zero-order chi connectivity index (χ0) is 21.2. The van der Waals surface area contributed by atoms with Crippen molar-refractivity contribution in [1.82, 2.24) is 0 Å². The molecule has 1 N–H and O–H groups in total. The van der Waals surface area contributed by atoms with E-state index in [1.807, 2.05) is 54.6 Å². The first-order chi connectivity index (χ1) is 15.2. The molecule has 0 aliphatic carbocycles. The lowest BCUT2D eigenvalue weighted by atomic mass is 9.92. The zero-order valence-electron chi connectivity index (χ0n) is 16.9. The molecule has 0 radical (unpaired) electrons. The fourth-order valence-corrected chi connectivity index (χ4v) is 4.21. The summed E-state index contributed by atoms with van der Waals surface area (Å²) in [6.07, 6.45) is -0.644. The van der Waals surface area contributed by atoms with Gasteiger partial charge in [-0.25, -0.2) is 0 Å². The van der Waals surface area contributed by atoms with E-state index < -0.39 is 6.10 Å². The van der Waals surface area contributed by atoms with Crippen LogP contribution in [0.4, 0.5) is 0 Å². The van der Waals surface area contributed by atoms with Gasteiger partial charge < -0.3 is 5.11 Å². The number of aliphatic hydroxyl groups is 1. The fourth-order valence-electron chi connectivity index (χ4n) is 4.04. The first kappa shape index (κ1) is 19.6. The van der Waals surface area contributed by atoms with Crippen LogP contribution in [0, 0.1) is 0 Å². The Morgan fingerprint density at radius 1 is 0.516 bits per heavy atom. The van der Waals surface area contributed by atoms with Crippen LogP contribution in [0.1, 0.15) is 17.2 Å². The Morgan fingerprint density at radius 2 is 1.16 bits per heavy atom. The molecule has 0 saturated heterocycles. The van der Waals surface area contributed by atoms with Crippen LogP contribution in [-0.4, -0.2) is 5.11 Å². The molecule has 0 amide bonds. The van der Waals surface area contributed by atoms with Crippen LogP contribution in [0.2, 0.25) is 5.02 Å². The first-order valence-electron chi connectivity index (χ1n) is 10.3. The second kappa shape index (κ2) is 8.39. The third-order valence-corrected chi connectivity index (χ3v) is 5.93. The second-order valence-corrected chi connectivity index (χ2v) is 8.12. The number of halogens is 1. The maximum absolute atomic E-state index is 10.7. The lowest BCUT2D eigenvalue weighted by Gasteiger charge is -2.15. The van der Waals surface area contributed by atoms with E-state index in [1.165, 1.54) is 10.8 Å². The van der Waals surface area contributed by atoms with E-state index in [0.717, 1.165) is 33.4 Å². The summed E-state index contributed by atoms with van der Waals surface area (Å²) < 4.78 is 0. The van der Waals surface area contributed by atoms with Gasteiger partial charge >= 0.3 is 0 Å². The summed E-state index contributed by atoms with van der Waals surface area (Å²) in [6, 6.07) is 38.7. The first-order valence-corrected chi connectivity index (χ1v) is 10.7. The summed E-state index contributed by atoms with van der Waals surface area (Å²) in [4.78, 5) is 0. The van der Waals surface area contributed by atoms with Crippen LogP contribution in [0.5, 0.6) is 0 Å². The molecular formula is C29H21ClO. The van der Waals surface area contributed by atoms with Gasteiger partial charge in [-0.1, -0.05) is 109 Å². The second-order valence-electron chi connectivity index (χ2n) is 7.69. The zero-order valence-corrected chi connectivity index (χ0v) is 17.6. The van der Waals surface area contributed by atoms with Crippen molar-refractivity contribution in [3.63, 3.8) is 0 Å². The van der Waals surface area contributed by atoms with Crippen molar-refractivity contribution in [2.75, 3.05) is 0 Å². The third kappa shape index (κ3) is 3.98. The van der Waals surface area contributed by atoms with Crippen LogP contribution in [-0.2, 0) is 0 Å². The van der Waals surface area contributed by atoms with Gasteiger partial charge in [0.25, 0.3) is 0 Å². The maximum atomic E-state index is 10.7. The Bertz CT molecular complexity index is 1340. The highest BCUT2D eigenvalue weighted by Crippen LogP contribution is 2.36. The number of hydrogen-bond acceptors (Lipinski definition) is 1. The predicted octanol–water partition coefficient (Wildman–Crippen LogP) is 7.91. The fraction of sp³-hybridized carbons (Fsp3) is 0.0345. The third-order valence-electron chi connectivity index (χ3n) is 5.69. The molecular weight excluding hydrogens is 400 g/mol. The van der Waals surface area contributed by atoms with E-state index in [4.69, 9.17) is 11.6 Å². The predicted molar refractivity (Wildman–Crippen MR) is 130 cm³/mol. The highest BCUT2D eigenvalue weighted by molar-refractivity contribution is 6.31. The largest absolute Gasteiger partial charge is 0.384 e. The standard InChI is InChI=1S/C29H21ClO/c30-26-16-17-27(25-15-10-20-6-4-5-9-24(20)18-25)28(19-26)21-11-13-23(14-12-21)29(31)22-7-2-1-3-8-22/h1-19,29,31H. The SMILES string of the molecule is OC(c1ccccc1)c1ccc(-c2cc(Cl)ccc2-c2ccc3ccccc3c2)cc1. The molecule has 0 spiro atoms. The van der Waals surface area contributed by atoms with Crippen molar-refractivity contribution < 1.29 is 5.11 Å². The van der Waals surface area contributed by atoms with Gasteiger partial charge in [0, 0.05) is 5.02 Å². The molecule has 1 unspecified atom stereocenters.